The standard InChI is InChI=1S/C13H10BrIN2O/c1-8-4-5-9(7-11(8)15)17-13(18)12-10(14)3-2-6-16-12/h2-7H,1H3,(H,17,18). The number of aromatic nitrogens is 1. The van der Waals surface area contributed by atoms with Crippen LogP contribution in [0.4, 0.5) is 5.69 Å². The van der Waals surface area contributed by atoms with E-state index in [2.05, 4.69) is 48.8 Å². The monoisotopic (exact) mass is 416 g/mol. The molecule has 18 heavy (non-hydrogen) atoms. The van der Waals surface area contributed by atoms with Crippen molar-refractivity contribution in [2.24, 2.45) is 0 Å². The molecule has 3 nitrogen and oxygen atoms in total. The molecule has 0 unspecified atom stereocenters. The molecule has 1 aromatic carbocycles. The molecule has 0 fully saturated rings. The van der Waals surface area contributed by atoms with Crippen molar-refractivity contribution in [3.05, 3.63) is 55.8 Å². The number of carbonyl (C=O) groups is 1. The Bertz CT molecular complexity index is 601. The molecule has 0 aliphatic carbocycles. The van der Waals surface area contributed by atoms with Gasteiger partial charge in [0.2, 0.25) is 0 Å². The van der Waals surface area contributed by atoms with Crippen molar-refractivity contribution in [1.82, 2.24) is 4.98 Å². The number of hydrogen-bond acceptors (Lipinski definition) is 2. The number of aryl methyl sites for hydroxylation is 1. The Balaban J connectivity index is 2.22. The maximum Gasteiger partial charge on any atom is 0.275 e. The van der Waals surface area contributed by atoms with Gasteiger partial charge in [-0.25, -0.2) is 4.98 Å². The number of pyridine rings is 1. The number of carbonyl (C=O) groups excluding carboxylic acids is 1. The second-order valence-electron chi connectivity index (χ2n) is 3.75. The molecule has 5 heteroatoms. The summed E-state index contributed by atoms with van der Waals surface area (Å²) in [5.74, 6) is -0.220. The molecule has 0 saturated heterocycles. The lowest BCUT2D eigenvalue weighted by Gasteiger charge is -2.07. The molecule has 0 bridgehead atoms. The summed E-state index contributed by atoms with van der Waals surface area (Å²) in [4.78, 5) is 16.1. The van der Waals surface area contributed by atoms with Crippen molar-refractivity contribution in [1.29, 1.82) is 0 Å². The Morgan fingerprint density at radius 2 is 2.17 bits per heavy atom. The average molecular weight is 417 g/mol. The van der Waals surface area contributed by atoms with Gasteiger partial charge in [-0.1, -0.05) is 6.07 Å². The third-order valence-electron chi connectivity index (χ3n) is 2.40. The lowest BCUT2D eigenvalue weighted by Crippen LogP contribution is -2.14. The van der Waals surface area contributed by atoms with Gasteiger partial charge in [-0.05, 0) is 75.3 Å². The fourth-order valence-electron chi connectivity index (χ4n) is 1.41. The van der Waals surface area contributed by atoms with Gasteiger partial charge in [0, 0.05) is 19.9 Å². The third-order valence-corrected chi connectivity index (χ3v) is 4.21. The molecule has 2 rings (SSSR count). The summed E-state index contributed by atoms with van der Waals surface area (Å²) >= 11 is 5.55. The van der Waals surface area contributed by atoms with Crippen LogP contribution in [0.5, 0.6) is 0 Å². The van der Waals surface area contributed by atoms with Crippen LogP contribution < -0.4 is 5.32 Å². The first-order valence-electron chi connectivity index (χ1n) is 5.26. The van der Waals surface area contributed by atoms with E-state index in [-0.39, 0.29) is 5.91 Å². The van der Waals surface area contributed by atoms with E-state index in [9.17, 15) is 4.79 Å². The number of halogens is 2. The van der Waals surface area contributed by atoms with Gasteiger partial charge in [0.05, 0.1) is 0 Å². The van der Waals surface area contributed by atoms with Crippen LogP contribution >= 0.6 is 38.5 Å². The van der Waals surface area contributed by atoms with Crippen LogP contribution in [0, 0.1) is 10.5 Å². The summed E-state index contributed by atoms with van der Waals surface area (Å²) in [5, 5.41) is 2.83. The topological polar surface area (TPSA) is 42.0 Å². The Labute approximate surface area is 127 Å². The third kappa shape index (κ3) is 3.08. The Morgan fingerprint density at radius 1 is 1.39 bits per heavy atom. The average Bonchev–Trinajstić information content (AvgIpc) is 2.34. The highest BCUT2D eigenvalue weighted by Crippen LogP contribution is 2.19. The first-order chi connectivity index (χ1) is 8.58. The molecule has 0 aliphatic rings. The van der Waals surface area contributed by atoms with Gasteiger partial charge in [-0.3, -0.25) is 4.79 Å². The minimum Gasteiger partial charge on any atom is -0.321 e. The van der Waals surface area contributed by atoms with Crippen LogP contribution in [0.1, 0.15) is 16.1 Å². The van der Waals surface area contributed by atoms with Crippen molar-refractivity contribution in [3.63, 3.8) is 0 Å². The predicted molar refractivity (Wildman–Crippen MR) is 83.8 cm³/mol. The number of benzene rings is 1. The van der Waals surface area contributed by atoms with Gasteiger partial charge in [0.25, 0.3) is 5.91 Å². The number of rotatable bonds is 2. The van der Waals surface area contributed by atoms with Crippen LogP contribution in [-0.2, 0) is 0 Å². The zero-order valence-electron chi connectivity index (χ0n) is 9.58. The Morgan fingerprint density at radius 3 is 2.83 bits per heavy atom. The number of anilines is 1. The molecule has 2 aromatic rings. The molecule has 0 radical (unpaired) electrons. The van der Waals surface area contributed by atoms with E-state index in [1.165, 1.54) is 5.56 Å². The Hall–Kier alpha value is -0.950. The van der Waals surface area contributed by atoms with Gasteiger partial charge >= 0.3 is 0 Å². The lowest BCUT2D eigenvalue weighted by atomic mass is 10.2. The highest BCUT2D eigenvalue weighted by atomic mass is 127. The van der Waals surface area contributed by atoms with E-state index in [0.29, 0.717) is 10.2 Å². The highest BCUT2D eigenvalue weighted by Gasteiger charge is 2.11. The summed E-state index contributed by atoms with van der Waals surface area (Å²) in [7, 11) is 0. The highest BCUT2D eigenvalue weighted by molar-refractivity contribution is 14.1. The van der Waals surface area contributed by atoms with Crippen molar-refractivity contribution in [2.75, 3.05) is 5.32 Å². The van der Waals surface area contributed by atoms with Crippen molar-refractivity contribution < 1.29 is 4.79 Å². The lowest BCUT2D eigenvalue weighted by molar-refractivity contribution is 0.102. The maximum atomic E-state index is 12.0. The van der Waals surface area contributed by atoms with Gasteiger partial charge in [-0.2, -0.15) is 0 Å². The van der Waals surface area contributed by atoms with Crippen LogP contribution in [0.25, 0.3) is 0 Å². The molecule has 0 atom stereocenters. The number of hydrogen-bond donors (Lipinski definition) is 1. The number of amides is 1. The molecule has 0 spiro atoms. The van der Waals surface area contributed by atoms with Gasteiger partial charge in [0.15, 0.2) is 0 Å². The molecule has 1 heterocycles. The summed E-state index contributed by atoms with van der Waals surface area (Å²) in [5.41, 5.74) is 2.34. The predicted octanol–water partition coefficient (Wildman–Crippen LogP) is 4.01. The van der Waals surface area contributed by atoms with Crippen LogP contribution in [0.2, 0.25) is 0 Å². The van der Waals surface area contributed by atoms with Gasteiger partial charge < -0.3 is 5.32 Å². The van der Waals surface area contributed by atoms with Crippen molar-refractivity contribution >= 4 is 50.1 Å². The molecule has 1 amide bonds. The maximum absolute atomic E-state index is 12.0. The first-order valence-corrected chi connectivity index (χ1v) is 7.13. The fraction of sp³-hybridized carbons (Fsp3) is 0.0769. The first kappa shape index (κ1) is 13.5. The van der Waals surface area contributed by atoms with E-state index in [0.717, 1.165) is 9.26 Å². The summed E-state index contributed by atoms with van der Waals surface area (Å²) in [6, 6.07) is 9.36. The quantitative estimate of drug-likeness (QED) is 0.751. The van der Waals surface area contributed by atoms with E-state index in [1.807, 2.05) is 25.1 Å². The molecule has 0 aliphatic heterocycles. The van der Waals surface area contributed by atoms with Gasteiger partial charge in [0.1, 0.15) is 5.69 Å². The Kier molecular flexibility index (Phi) is 4.34. The van der Waals surface area contributed by atoms with Gasteiger partial charge in [-0.15, -0.1) is 0 Å². The minimum atomic E-state index is -0.220. The molecule has 1 aromatic heterocycles. The van der Waals surface area contributed by atoms with Crippen molar-refractivity contribution in [2.45, 2.75) is 6.92 Å². The number of nitrogens with zero attached hydrogens (tertiary/aromatic N) is 1. The van der Waals surface area contributed by atoms with E-state index < -0.39 is 0 Å². The zero-order chi connectivity index (χ0) is 13.1. The second kappa shape index (κ2) is 5.79. The SMILES string of the molecule is Cc1ccc(NC(=O)c2ncccc2Br)cc1I. The molecular formula is C13H10BrIN2O. The van der Waals surface area contributed by atoms with Crippen LogP contribution in [-0.4, -0.2) is 10.9 Å². The largest absolute Gasteiger partial charge is 0.321 e. The molecule has 0 saturated carbocycles. The van der Waals surface area contributed by atoms with E-state index in [4.69, 9.17) is 0 Å². The fourth-order valence-corrected chi connectivity index (χ4v) is 2.36. The van der Waals surface area contributed by atoms with Crippen LogP contribution in [0.15, 0.2) is 41.0 Å². The van der Waals surface area contributed by atoms with Crippen molar-refractivity contribution in [3.8, 4) is 0 Å². The normalized spacial score (nSPS) is 10.2. The second-order valence-corrected chi connectivity index (χ2v) is 5.77. The van der Waals surface area contributed by atoms with E-state index >= 15 is 0 Å². The minimum absolute atomic E-state index is 0.220. The number of nitrogens with one attached hydrogen (secondary N) is 1. The smallest absolute Gasteiger partial charge is 0.275 e. The van der Waals surface area contributed by atoms with Crippen LogP contribution in [0.3, 0.4) is 0 Å². The zero-order valence-corrected chi connectivity index (χ0v) is 13.3. The molecular weight excluding hydrogens is 407 g/mol. The molecule has 1 N–H and O–H groups in total. The molecule has 92 valence electrons. The van der Waals surface area contributed by atoms with E-state index in [1.54, 1.807) is 18.3 Å². The summed E-state index contributed by atoms with van der Waals surface area (Å²) in [6.07, 6.45) is 1.60. The summed E-state index contributed by atoms with van der Waals surface area (Å²) < 4.78 is 1.80. The summed E-state index contributed by atoms with van der Waals surface area (Å²) in [6.45, 7) is 2.03.